The number of aryl methyl sites for hydroxylation is 1. The van der Waals surface area contributed by atoms with Crippen LogP contribution >= 0.6 is 22.9 Å². The highest BCUT2D eigenvalue weighted by atomic mass is 35.5. The van der Waals surface area contributed by atoms with Gasteiger partial charge < -0.3 is 0 Å². The summed E-state index contributed by atoms with van der Waals surface area (Å²) in [6.45, 7) is 3.45. The molecule has 0 amide bonds. The molecule has 2 aromatic rings. The summed E-state index contributed by atoms with van der Waals surface area (Å²) in [5.74, 6) is 0. The minimum absolute atomic E-state index is 0.0469. The van der Waals surface area contributed by atoms with E-state index in [-0.39, 0.29) is 17.1 Å². The first-order valence-electron chi connectivity index (χ1n) is 6.59. The number of hydrogen-bond acceptors (Lipinski definition) is 5. The normalized spacial score (nSPS) is 11.9. The first-order valence-corrected chi connectivity index (χ1v) is 9.22. The van der Waals surface area contributed by atoms with Crippen molar-refractivity contribution in [3.05, 3.63) is 54.7 Å². The Morgan fingerprint density at radius 3 is 2.48 bits per heavy atom. The van der Waals surface area contributed by atoms with Crippen molar-refractivity contribution >= 4 is 38.6 Å². The molecule has 6 nitrogen and oxygen atoms in total. The van der Waals surface area contributed by atoms with Gasteiger partial charge in [0, 0.05) is 30.6 Å². The van der Waals surface area contributed by atoms with Gasteiger partial charge in [-0.1, -0.05) is 11.6 Å². The van der Waals surface area contributed by atoms with Crippen LogP contribution in [0.5, 0.6) is 0 Å². The molecule has 9 heteroatoms. The fraction of sp³-hybridized carbons (Fsp3) is 0.286. The van der Waals surface area contributed by atoms with Gasteiger partial charge in [0.25, 0.3) is 5.69 Å². The molecule has 2 rings (SSSR count). The summed E-state index contributed by atoms with van der Waals surface area (Å²) < 4.78 is 27.3. The largest absolute Gasteiger partial charge is 0.271 e. The number of nitro benzene ring substituents is 1. The zero-order chi connectivity index (χ0) is 17.4. The second-order valence-corrected chi connectivity index (χ2v) is 8.92. The minimum atomic E-state index is -3.84. The summed E-state index contributed by atoms with van der Waals surface area (Å²) in [6, 6.07) is 5.93. The highest BCUT2D eigenvalue weighted by Gasteiger charge is 2.26. The highest BCUT2D eigenvalue weighted by Crippen LogP contribution is 2.29. The zero-order valence-electron chi connectivity index (χ0n) is 12.7. The smallest absolute Gasteiger partial charge is 0.258 e. The van der Waals surface area contributed by atoms with Crippen LogP contribution in [0.1, 0.15) is 16.0 Å². The molecule has 0 saturated carbocycles. The van der Waals surface area contributed by atoms with Crippen molar-refractivity contribution in [2.75, 3.05) is 7.05 Å². The highest BCUT2D eigenvalue weighted by molar-refractivity contribution is 7.89. The molecule has 23 heavy (non-hydrogen) atoms. The van der Waals surface area contributed by atoms with Gasteiger partial charge in [0.1, 0.15) is 0 Å². The van der Waals surface area contributed by atoms with Crippen molar-refractivity contribution < 1.29 is 13.3 Å². The SMILES string of the molecule is Cc1cc([N+](=O)[O-])cc(S(=O)(=O)N(C)Cc2ccc(Cl)s2)c1C. The number of non-ortho nitro benzene ring substituents is 1. The van der Waals surface area contributed by atoms with Crippen LogP contribution in [0, 0.1) is 24.0 Å². The molecule has 0 aliphatic rings. The number of thiophene rings is 1. The Morgan fingerprint density at radius 1 is 1.30 bits per heavy atom. The van der Waals surface area contributed by atoms with Crippen LogP contribution in [-0.2, 0) is 16.6 Å². The molecule has 1 aromatic heterocycles. The third-order valence-corrected chi connectivity index (χ3v) is 6.66. The monoisotopic (exact) mass is 374 g/mol. The van der Waals surface area contributed by atoms with E-state index in [1.54, 1.807) is 26.0 Å². The lowest BCUT2D eigenvalue weighted by molar-refractivity contribution is -0.385. The summed E-state index contributed by atoms with van der Waals surface area (Å²) in [5.41, 5.74) is 0.830. The van der Waals surface area contributed by atoms with Gasteiger partial charge >= 0.3 is 0 Å². The predicted molar refractivity (Wildman–Crippen MR) is 90.6 cm³/mol. The average Bonchev–Trinajstić information content (AvgIpc) is 2.86. The van der Waals surface area contributed by atoms with Crippen LogP contribution in [0.15, 0.2) is 29.2 Å². The van der Waals surface area contributed by atoms with Crippen LogP contribution in [0.2, 0.25) is 4.34 Å². The number of nitrogens with zero attached hydrogens (tertiary/aromatic N) is 2. The summed E-state index contributed by atoms with van der Waals surface area (Å²) in [4.78, 5) is 11.1. The van der Waals surface area contributed by atoms with E-state index in [2.05, 4.69) is 0 Å². The second kappa shape index (κ2) is 6.56. The number of hydrogen-bond donors (Lipinski definition) is 0. The first-order chi connectivity index (χ1) is 10.6. The molecule has 0 unspecified atom stereocenters. The van der Waals surface area contributed by atoms with Gasteiger partial charge in [0.2, 0.25) is 10.0 Å². The van der Waals surface area contributed by atoms with E-state index >= 15 is 0 Å². The molecule has 0 N–H and O–H groups in total. The molecule has 0 atom stereocenters. The molecule has 0 aliphatic heterocycles. The number of rotatable bonds is 5. The number of nitro groups is 1. The molecular formula is C14H15ClN2O4S2. The lowest BCUT2D eigenvalue weighted by Gasteiger charge is -2.18. The van der Waals surface area contributed by atoms with Gasteiger partial charge in [-0.3, -0.25) is 10.1 Å². The fourth-order valence-corrected chi connectivity index (χ4v) is 4.78. The Balaban J connectivity index is 2.44. The van der Waals surface area contributed by atoms with Crippen LogP contribution in [0.3, 0.4) is 0 Å². The fourth-order valence-electron chi connectivity index (χ4n) is 2.09. The molecule has 0 saturated heterocycles. The molecule has 0 radical (unpaired) electrons. The van der Waals surface area contributed by atoms with E-state index in [0.29, 0.717) is 15.5 Å². The summed E-state index contributed by atoms with van der Waals surface area (Å²) in [6.07, 6.45) is 0. The molecule has 1 aromatic carbocycles. The van der Waals surface area contributed by atoms with E-state index in [9.17, 15) is 18.5 Å². The topological polar surface area (TPSA) is 80.5 Å². The second-order valence-electron chi connectivity index (χ2n) is 5.11. The predicted octanol–water partition coefficient (Wildman–Crippen LogP) is 3.75. The summed E-state index contributed by atoms with van der Waals surface area (Å²) in [5, 5.41) is 11.0. The maximum atomic E-state index is 12.8. The van der Waals surface area contributed by atoms with E-state index in [1.165, 1.54) is 28.8 Å². The third-order valence-electron chi connectivity index (χ3n) is 3.51. The molecule has 124 valence electrons. The number of halogens is 1. The van der Waals surface area contributed by atoms with Gasteiger partial charge in [-0.05, 0) is 37.1 Å². The first kappa shape index (κ1) is 17.9. The minimum Gasteiger partial charge on any atom is -0.258 e. The molecule has 0 aliphatic carbocycles. The Bertz CT molecular complexity index is 862. The van der Waals surface area contributed by atoms with Crippen molar-refractivity contribution in [2.24, 2.45) is 0 Å². The molecule has 1 heterocycles. The Labute approximate surface area is 143 Å². The van der Waals surface area contributed by atoms with Crippen LogP contribution < -0.4 is 0 Å². The van der Waals surface area contributed by atoms with Crippen LogP contribution in [0.25, 0.3) is 0 Å². The van der Waals surface area contributed by atoms with Gasteiger partial charge in [-0.15, -0.1) is 11.3 Å². The standard InChI is InChI=1S/C14H15ClN2O4S2/c1-9-6-11(17(18)19)7-13(10(9)2)23(20,21)16(3)8-12-4-5-14(15)22-12/h4-7H,8H2,1-3H3. The molecule has 0 fully saturated rings. The van der Waals surface area contributed by atoms with E-state index < -0.39 is 14.9 Å². The maximum Gasteiger partial charge on any atom is 0.271 e. The van der Waals surface area contributed by atoms with Gasteiger partial charge in [-0.25, -0.2) is 8.42 Å². The lowest BCUT2D eigenvalue weighted by Crippen LogP contribution is -2.27. The molecule has 0 spiro atoms. The van der Waals surface area contributed by atoms with E-state index in [1.807, 2.05) is 0 Å². The van der Waals surface area contributed by atoms with Crippen LogP contribution in [-0.4, -0.2) is 24.7 Å². The third kappa shape index (κ3) is 3.72. The molecule has 0 bridgehead atoms. The Morgan fingerprint density at radius 2 is 1.96 bits per heavy atom. The number of sulfonamides is 1. The van der Waals surface area contributed by atoms with Gasteiger partial charge in [0.05, 0.1) is 14.2 Å². The van der Waals surface area contributed by atoms with Gasteiger partial charge in [0.15, 0.2) is 0 Å². The maximum absolute atomic E-state index is 12.8. The van der Waals surface area contributed by atoms with Crippen molar-refractivity contribution in [3.8, 4) is 0 Å². The Kier molecular flexibility index (Phi) is 5.10. The van der Waals surface area contributed by atoms with Crippen molar-refractivity contribution in [3.63, 3.8) is 0 Å². The van der Waals surface area contributed by atoms with E-state index in [4.69, 9.17) is 11.6 Å². The summed E-state index contributed by atoms with van der Waals surface area (Å²) >= 11 is 7.15. The van der Waals surface area contributed by atoms with Crippen molar-refractivity contribution in [1.82, 2.24) is 4.31 Å². The van der Waals surface area contributed by atoms with Gasteiger partial charge in [-0.2, -0.15) is 4.31 Å². The van der Waals surface area contributed by atoms with Crippen molar-refractivity contribution in [1.29, 1.82) is 0 Å². The summed E-state index contributed by atoms with van der Waals surface area (Å²) in [7, 11) is -2.40. The quantitative estimate of drug-likeness (QED) is 0.589. The van der Waals surface area contributed by atoms with Crippen molar-refractivity contribution in [2.45, 2.75) is 25.3 Å². The van der Waals surface area contributed by atoms with Crippen LogP contribution in [0.4, 0.5) is 5.69 Å². The lowest BCUT2D eigenvalue weighted by atomic mass is 10.1. The average molecular weight is 375 g/mol. The number of benzene rings is 1. The van der Waals surface area contributed by atoms with E-state index in [0.717, 1.165) is 10.9 Å². The Hall–Kier alpha value is -1.48. The molecular weight excluding hydrogens is 360 g/mol. The zero-order valence-corrected chi connectivity index (χ0v) is 15.1.